The number of amides is 3. The molecule has 0 aliphatic carbocycles. The van der Waals surface area contributed by atoms with Gasteiger partial charge in [-0.05, 0) is 18.4 Å². The van der Waals surface area contributed by atoms with Gasteiger partial charge < -0.3 is 5.32 Å². The Bertz CT molecular complexity index is 637. The fraction of sp³-hybridized carbons (Fsp3) is 0.471. The van der Waals surface area contributed by atoms with Gasteiger partial charge in [-0.25, -0.2) is 4.79 Å². The Morgan fingerprint density at radius 2 is 1.96 bits per heavy atom. The standard InChI is InChI=1S/C17H22N4O4/c1-2-3-4-13-20(16(22)9-11-18)17(23)19-12-10-14-5-7-15(8-6-14)21(24)25/h5-8H,2-4,9-10,12-13H2,1H3,(H,19,23). The number of benzene rings is 1. The number of non-ortho nitro benzene ring substituents is 1. The highest BCUT2D eigenvalue weighted by molar-refractivity contribution is 5.95. The maximum atomic E-state index is 12.2. The van der Waals surface area contributed by atoms with Crippen LogP contribution in [0.1, 0.15) is 38.2 Å². The third-order valence-electron chi connectivity index (χ3n) is 3.60. The molecule has 1 rings (SSSR count). The summed E-state index contributed by atoms with van der Waals surface area (Å²) in [5.74, 6) is -0.508. The molecule has 25 heavy (non-hydrogen) atoms. The third kappa shape index (κ3) is 6.99. The van der Waals surface area contributed by atoms with E-state index in [-0.39, 0.29) is 18.7 Å². The van der Waals surface area contributed by atoms with Crippen LogP contribution in [0.3, 0.4) is 0 Å². The van der Waals surface area contributed by atoms with E-state index in [9.17, 15) is 19.7 Å². The molecule has 0 atom stereocenters. The minimum absolute atomic E-state index is 0.0111. The van der Waals surface area contributed by atoms with Crippen LogP contribution in [0.4, 0.5) is 10.5 Å². The Balaban J connectivity index is 2.53. The Labute approximate surface area is 146 Å². The number of carbonyl (C=O) groups excluding carboxylic acids is 2. The molecule has 0 aliphatic heterocycles. The first kappa shape index (κ1) is 20.1. The number of rotatable bonds is 9. The van der Waals surface area contributed by atoms with E-state index in [2.05, 4.69) is 5.32 Å². The zero-order valence-electron chi connectivity index (χ0n) is 14.2. The van der Waals surface area contributed by atoms with Crippen LogP contribution in [0.5, 0.6) is 0 Å². The van der Waals surface area contributed by atoms with E-state index >= 15 is 0 Å². The number of nitrogens with zero attached hydrogens (tertiary/aromatic N) is 3. The highest BCUT2D eigenvalue weighted by Crippen LogP contribution is 2.12. The molecular weight excluding hydrogens is 324 g/mol. The van der Waals surface area contributed by atoms with Gasteiger partial charge in [-0.15, -0.1) is 0 Å². The van der Waals surface area contributed by atoms with Crippen molar-refractivity contribution in [1.29, 1.82) is 5.26 Å². The van der Waals surface area contributed by atoms with Crippen molar-refractivity contribution in [3.05, 3.63) is 39.9 Å². The summed E-state index contributed by atoms with van der Waals surface area (Å²) in [4.78, 5) is 35.3. The Kier molecular flexibility index (Phi) is 8.65. The van der Waals surface area contributed by atoms with Crippen molar-refractivity contribution >= 4 is 17.6 Å². The van der Waals surface area contributed by atoms with E-state index < -0.39 is 16.9 Å². The Morgan fingerprint density at radius 3 is 2.52 bits per heavy atom. The van der Waals surface area contributed by atoms with E-state index in [1.165, 1.54) is 12.1 Å². The van der Waals surface area contributed by atoms with Gasteiger partial charge in [0.1, 0.15) is 6.42 Å². The van der Waals surface area contributed by atoms with Gasteiger partial charge in [-0.3, -0.25) is 19.8 Å². The molecule has 1 N–H and O–H groups in total. The van der Waals surface area contributed by atoms with Crippen LogP contribution in [0, 0.1) is 21.4 Å². The third-order valence-corrected chi connectivity index (χ3v) is 3.60. The average Bonchev–Trinajstić information content (AvgIpc) is 2.59. The average molecular weight is 346 g/mol. The largest absolute Gasteiger partial charge is 0.337 e. The maximum absolute atomic E-state index is 12.2. The molecule has 0 bridgehead atoms. The van der Waals surface area contributed by atoms with Crippen LogP contribution in [0.25, 0.3) is 0 Å². The predicted molar refractivity (Wildman–Crippen MR) is 91.7 cm³/mol. The molecule has 134 valence electrons. The molecule has 3 amide bonds. The lowest BCUT2D eigenvalue weighted by molar-refractivity contribution is -0.384. The highest BCUT2D eigenvalue weighted by Gasteiger charge is 2.20. The van der Waals surface area contributed by atoms with Gasteiger partial charge in [0.15, 0.2) is 0 Å². The summed E-state index contributed by atoms with van der Waals surface area (Å²) in [6.45, 7) is 2.60. The Morgan fingerprint density at radius 1 is 1.28 bits per heavy atom. The van der Waals surface area contributed by atoms with Crippen molar-refractivity contribution in [3.8, 4) is 6.07 Å². The number of unbranched alkanes of at least 4 members (excludes halogenated alkanes) is 2. The highest BCUT2D eigenvalue weighted by atomic mass is 16.6. The first-order valence-corrected chi connectivity index (χ1v) is 8.18. The fourth-order valence-electron chi connectivity index (χ4n) is 2.22. The number of nitrogens with one attached hydrogen (secondary N) is 1. The van der Waals surface area contributed by atoms with Crippen LogP contribution in [0.15, 0.2) is 24.3 Å². The number of nitro groups is 1. The molecule has 0 aliphatic rings. The molecule has 0 fully saturated rings. The summed E-state index contributed by atoms with van der Waals surface area (Å²) in [6, 6.07) is 7.32. The van der Waals surface area contributed by atoms with Gasteiger partial charge in [0.05, 0.1) is 11.0 Å². The number of hydrogen-bond acceptors (Lipinski definition) is 5. The molecule has 0 aromatic heterocycles. The minimum Gasteiger partial charge on any atom is -0.337 e. The number of carbonyl (C=O) groups is 2. The summed E-state index contributed by atoms with van der Waals surface area (Å²) < 4.78 is 0. The summed E-state index contributed by atoms with van der Waals surface area (Å²) in [7, 11) is 0. The van der Waals surface area contributed by atoms with Crippen LogP contribution in [-0.2, 0) is 11.2 Å². The second kappa shape index (κ2) is 10.8. The quantitative estimate of drug-likeness (QED) is 0.419. The van der Waals surface area contributed by atoms with Crippen molar-refractivity contribution < 1.29 is 14.5 Å². The fourth-order valence-corrected chi connectivity index (χ4v) is 2.22. The molecule has 0 unspecified atom stereocenters. The smallest absolute Gasteiger partial charge is 0.324 e. The number of imide groups is 1. The summed E-state index contributed by atoms with van der Waals surface area (Å²) >= 11 is 0. The molecular formula is C17H22N4O4. The monoisotopic (exact) mass is 346 g/mol. The maximum Gasteiger partial charge on any atom is 0.324 e. The minimum atomic E-state index is -0.515. The molecule has 1 aromatic carbocycles. The Hall–Kier alpha value is -2.95. The molecule has 0 saturated heterocycles. The van der Waals surface area contributed by atoms with E-state index in [0.29, 0.717) is 19.4 Å². The number of urea groups is 1. The van der Waals surface area contributed by atoms with Crippen molar-refractivity contribution in [1.82, 2.24) is 10.2 Å². The topological polar surface area (TPSA) is 116 Å². The lowest BCUT2D eigenvalue weighted by Gasteiger charge is -2.20. The lowest BCUT2D eigenvalue weighted by atomic mass is 10.1. The van der Waals surface area contributed by atoms with Crippen molar-refractivity contribution in [2.24, 2.45) is 0 Å². The number of nitro benzene ring substituents is 1. The van der Waals surface area contributed by atoms with E-state index in [0.717, 1.165) is 23.3 Å². The van der Waals surface area contributed by atoms with Gasteiger partial charge in [-0.2, -0.15) is 5.26 Å². The number of hydrogen-bond donors (Lipinski definition) is 1. The molecule has 8 nitrogen and oxygen atoms in total. The van der Waals surface area contributed by atoms with Crippen molar-refractivity contribution in [2.45, 2.75) is 39.0 Å². The zero-order valence-corrected chi connectivity index (χ0v) is 14.2. The van der Waals surface area contributed by atoms with Gasteiger partial charge in [-0.1, -0.05) is 31.9 Å². The molecule has 0 heterocycles. The van der Waals surface area contributed by atoms with Crippen LogP contribution < -0.4 is 5.32 Å². The van der Waals surface area contributed by atoms with Crippen LogP contribution in [-0.4, -0.2) is 34.9 Å². The molecule has 0 saturated carbocycles. The van der Waals surface area contributed by atoms with Gasteiger partial charge in [0.2, 0.25) is 5.91 Å². The van der Waals surface area contributed by atoms with Gasteiger partial charge in [0.25, 0.3) is 5.69 Å². The van der Waals surface area contributed by atoms with Crippen LogP contribution in [0.2, 0.25) is 0 Å². The van der Waals surface area contributed by atoms with E-state index in [1.54, 1.807) is 18.2 Å². The van der Waals surface area contributed by atoms with Crippen molar-refractivity contribution in [2.75, 3.05) is 13.1 Å². The van der Waals surface area contributed by atoms with Crippen LogP contribution >= 0.6 is 0 Å². The second-order valence-corrected chi connectivity index (χ2v) is 5.49. The second-order valence-electron chi connectivity index (χ2n) is 5.49. The molecule has 0 radical (unpaired) electrons. The van der Waals surface area contributed by atoms with E-state index in [1.807, 2.05) is 6.92 Å². The van der Waals surface area contributed by atoms with Gasteiger partial charge >= 0.3 is 6.03 Å². The van der Waals surface area contributed by atoms with E-state index in [4.69, 9.17) is 5.26 Å². The van der Waals surface area contributed by atoms with Crippen molar-refractivity contribution in [3.63, 3.8) is 0 Å². The number of nitriles is 1. The molecule has 0 spiro atoms. The SMILES string of the molecule is CCCCCN(C(=O)CC#N)C(=O)NCCc1ccc([N+](=O)[O-])cc1. The van der Waals surface area contributed by atoms with Gasteiger partial charge in [0, 0.05) is 25.2 Å². The first-order valence-electron chi connectivity index (χ1n) is 8.18. The molecule has 1 aromatic rings. The zero-order chi connectivity index (χ0) is 18.7. The predicted octanol–water partition coefficient (Wildman–Crippen LogP) is 2.78. The summed E-state index contributed by atoms with van der Waals surface area (Å²) in [6.07, 6.45) is 2.71. The summed E-state index contributed by atoms with van der Waals surface area (Å²) in [5.41, 5.74) is 0.851. The normalized spacial score (nSPS) is 9.92. The lowest BCUT2D eigenvalue weighted by Crippen LogP contribution is -2.44. The molecule has 8 heteroatoms. The summed E-state index contributed by atoms with van der Waals surface area (Å²) in [5, 5.41) is 21.9. The first-order chi connectivity index (χ1) is 12.0.